The molecule has 0 fully saturated rings. The van der Waals surface area contributed by atoms with Gasteiger partial charge in [0.05, 0.1) is 11.4 Å². The number of nitrogens with zero attached hydrogens (tertiary/aromatic N) is 3. The lowest BCUT2D eigenvalue weighted by molar-refractivity contribution is 0.266. The first-order valence-electron chi connectivity index (χ1n) is 10.0. The largest absolute Gasteiger partial charge is 0.308 e. The average Bonchev–Trinajstić information content (AvgIpc) is 2.97. The molecule has 0 saturated carbocycles. The van der Waals surface area contributed by atoms with Gasteiger partial charge in [-0.1, -0.05) is 42.5 Å². The molecule has 0 aliphatic heterocycles. The van der Waals surface area contributed by atoms with Gasteiger partial charge < -0.3 is 5.32 Å². The molecule has 0 amide bonds. The SMILES string of the molecule is Cc1nn(-c2ccccc2)c(C)c1CNCc1cccc(CN(C)C(C)C)c1. The van der Waals surface area contributed by atoms with Gasteiger partial charge in [-0.15, -0.1) is 0 Å². The topological polar surface area (TPSA) is 33.1 Å². The summed E-state index contributed by atoms with van der Waals surface area (Å²) in [5.74, 6) is 0. The third-order valence-corrected chi connectivity index (χ3v) is 5.38. The van der Waals surface area contributed by atoms with Crippen molar-refractivity contribution in [1.82, 2.24) is 20.0 Å². The Morgan fingerprint density at radius 3 is 2.39 bits per heavy atom. The van der Waals surface area contributed by atoms with E-state index in [-0.39, 0.29) is 0 Å². The molecule has 0 aliphatic rings. The molecule has 1 heterocycles. The van der Waals surface area contributed by atoms with E-state index in [1.165, 1.54) is 22.4 Å². The Balaban J connectivity index is 1.64. The van der Waals surface area contributed by atoms with Gasteiger partial charge in [-0.05, 0) is 58.0 Å². The van der Waals surface area contributed by atoms with Gasteiger partial charge >= 0.3 is 0 Å². The minimum Gasteiger partial charge on any atom is -0.308 e. The Morgan fingerprint density at radius 1 is 0.964 bits per heavy atom. The molecule has 4 nitrogen and oxygen atoms in total. The number of hydrogen-bond donors (Lipinski definition) is 1. The van der Waals surface area contributed by atoms with Crippen molar-refractivity contribution in [3.63, 3.8) is 0 Å². The maximum atomic E-state index is 4.74. The number of hydrogen-bond acceptors (Lipinski definition) is 3. The lowest BCUT2D eigenvalue weighted by atomic mass is 10.1. The van der Waals surface area contributed by atoms with E-state index in [1.807, 2.05) is 22.9 Å². The third kappa shape index (κ3) is 4.89. The van der Waals surface area contributed by atoms with Crippen LogP contribution in [0.2, 0.25) is 0 Å². The van der Waals surface area contributed by atoms with Crippen LogP contribution in [0.4, 0.5) is 0 Å². The van der Waals surface area contributed by atoms with Gasteiger partial charge in [0, 0.05) is 36.9 Å². The van der Waals surface area contributed by atoms with Crippen molar-refractivity contribution < 1.29 is 0 Å². The first-order valence-corrected chi connectivity index (χ1v) is 10.0. The summed E-state index contributed by atoms with van der Waals surface area (Å²) >= 11 is 0. The summed E-state index contributed by atoms with van der Waals surface area (Å²) in [6.45, 7) is 11.3. The first-order chi connectivity index (χ1) is 13.5. The molecule has 1 N–H and O–H groups in total. The van der Waals surface area contributed by atoms with E-state index in [9.17, 15) is 0 Å². The lowest BCUT2D eigenvalue weighted by Crippen LogP contribution is -2.25. The summed E-state index contributed by atoms with van der Waals surface area (Å²) in [5.41, 5.74) is 7.35. The molecule has 0 radical (unpaired) electrons. The van der Waals surface area contributed by atoms with Gasteiger partial charge in [-0.2, -0.15) is 5.10 Å². The zero-order valence-electron chi connectivity index (χ0n) is 17.7. The van der Waals surface area contributed by atoms with Crippen LogP contribution in [0.5, 0.6) is 0 Å². The van der Waals surface area contributed by atoms with Crippen LogP contribution in [0.1, 0.15) is 41.9 Å². The van der Waals surface area contributed by atoms with E-state index in [0.717, 1.165) is 31.0 Å². The molecule has 148 valence electrons. The second-order valence-corrected chi connectivity index (χ2v) is 7.83. The summed E-state index contributed by atoms with van der Waals surface area (Å²) in [7, 11) is 2.17. The Kier molecular flexibility index (Phi) is 6.65. The van der Waals surface area contributed by atoms with Gasteiger partial charge in [-0.25, -0.2) is 4.68 Å². The highest BCUT2D eigenvalue weighted by Crippen LogP contribution is 2.18. The molecule has 0 bridgehead atoms. The molecule has 3 aromatic rings. The first kappa shape index (κ1) is 20.3. The van der Waals surface area contributed by atoms with Crippen LogP contribution in [0, 0.1) is 13.8 Å². The van der Waals surface area contributed by atoms with Crippen molar-refractivity contribution in [2.75, 3.05) is 7.05 Å². The fourth-order valence-electron chi connectivity index (χ4n) is 3.39. The van der Waals surface area contributed by atoms with Crippen LogP contribution in [0.3, 0.4) is 0 Å². The van der Waals surface area contributed by atoms with Gasteiger partial charge in [0.1, 0.15) is 0 Å². The molecule has 4 heteroatoms. The van der Waals surface area contributed by atoms with E-state index in [2.05, 4.69) is 81.4 Å². The van der Waals surface area contributed by atoms with E-state index >= 15 is 0 Å². The molecule has 0 aliphatic carbocycles. The van der Waals surface area contributed by atoms with E-state index in [0.29, 0.717) is 6.04 Å². The van der Waals surface area contributed by atoms with E-state index < -0.39 is 0 Å². The third-order valence-electron chi connectivity index (χ3n) is 5.38. The van der Waals surface area contributed by atoms with Crippen LogP contribution < -0.4 is 5.32 Å². The predicted octanol–water partition coefficient (Wildman–Crippen LogP) is 4.62. The highest BCUT2D eigenvalue weighted by atomic mass is 15.3. The van der Waals surface area contributed by atoms with Gasteiger partial charge in [0.15, 0.2) is 0 Å². The van der Waals surface area contributed by atoms with Crippen molar-refractivity contribution in [1.29, 1.82) is 0 Å². The highest BCUT2D eigenvalue weighted by Gasteiger charge is 2.12. The molecule has 1 aromatic heterocycles. The number of para-hydroxylation sites is 1. The molecule has 3 rings (SSSR count). The van der Waals surface area contributed by atoms with Crippen LogP contribution >= 0.6 is 0 Å². The van der Waals surface area contributed by atoms with Crippen molar-refractivity contribution in [2.45, 2.75) is 53.4 Å². The molecule has 0 saturated heterocycles. The molecule has 28 heavy (non-hydrogen) atoms. The molecular formula is C24H32N4. The Hall–Kier alpha value is -2.43. The van der Waals surface area contributed by atoms with Gasteiger partial charge in [0.25, 0.3) is 0 Å². The summed E-state index contributed by atoms with van der Waals surface area (Å²) in [5, 5.41) is 8.34. The zero-order chi connectivity index (χ0) is 20.1. The number of nitrogens with one attached hydrogen (secondary N) is 1. The average molecular weight is 377 g/mol. The minimum absolute atomic E-state index is 0.550. The van der Waals surface area contributed by atoms with E-state index in [4.69, 9.17) is 5.10 Å². The standard InChI is InChI=1S/C24H32N4/c1-18(2)27(5)17-22-11-9-10-21(14-22)15-25-16-24-19(3)26-28(20(24)4)23-12-7-6-8-13-23/h6-14,18,25H,15-17H2,1-5H3. The monoisotopic (exact) mass is 376 g/mol. The van der Waals surface area contributed by atoms with Crippen molar-refractivity contribution in [3.8, 4) is 5.69 Å². The van der Waals surface area contributed by atoms with Crippen LogP contribution in [-0.4, -0.2) is 27.8 Å². The van der Waals surface area contributed by atoms with E-state index in [1.54, 1.807) is 0 Å². The summed E-state index contributed by atoms with van der Waals surface area (Å²) in [6, 6.07) is 19.7. The van der Waals surface area contributed by atoms with Crippen LogP contribution in [-0.2, 0) is 19.6 Å². The number of aryl methyl sites for hydroxylation is 1. The maximum absolute atomic E-state index is 4.74. The van der Waals surface area contributed by atoms with Gasteiger partial charge in [0.2, 0.25) is 0 Å². The van der Waals surface area contributed by atoms with Gasteiger partial charge in [-0.3, -0.25) is 4.90 Å². The Labute approximate surface area is 169 Å². The fraction of sp³-hybridized carbons (Fsp3) is 0.375. The second kappa shape index (κ2) is 9.18. The highest BCUT2D eigenvalue weighted by molar-refractivity contribution is 5.37. The number of aromatic nitrogens is 2. The number of rotatable bonds is 8. The molecule has 0 unspecified atom stereocenters. The van der Waals surface area contributed by atoms with Crippen molar-refractivity contribution in [3.05, 3.63) is 82.7 Å². The fourth-order valence-corrected chi connectivity index (χ4v) is 3.39. The maximum Gasteiger partial charge on any atom is 0.0648 e. The Bertz CT molecular complexity index is 896. The summed E-state index contributed by atoms with van der Waals surface area (Å²) in [4.78, 5) is 2.36. The molecular weight excluding hydrogens is 344 g/mol. The zero-order valence-corrected chi connectivity index (χ0v) is 17.7. The lowest BCUT2D eigenvalue weighted by Gasteiger charge is -2.21. The van der Waals surface area contributed by atoms with Crippen LogP contribution in [0.25, 0.3) is 5.69 Å². The predicted molar refractivity (Wildman–Crippen MR) is 117 cm³/mol. The molecule has 0 atom stereocenters. The smallest absolute Gasteiger partial charge is 0.0648 e. The second-order valence-electron chi connectivity index (χ2n) is 7.83. The summed E-state index contributed by atoms with van der Waals surface area (Å²) < 4.78 is 2.04. The normalized spacial score (nSPS) is 11.5. The van der Waals surface area contributed by atoms with Crippen molar-refractivity contribution >= 4 is 0 Å². The van der Waals surface area contributed by atoms with Crippen molar-refractivity contribution in [2.24, 2.45) is 0 Å². The quantitative estimate of drug-likeness (QED) is 0.623. The van der Waals surface area contributed by atoms with Crippen LogP contribution in [0.15, 0.2) is 54.6 Å². The minimum atomic E-state index is 0.550. The molecule has 0 spiro atoms. The number of benzene rings is 2. The summed E-state index contributed by atoms with van der Waals surface area (Å²) in [6.07, 6.45) is 0. The Morgan fingerprint density at radius 2 is 1.68 bits per heavy atom. The molecule has 2 aromatic carbocycles.